The standard InChI is InChI=1S/C27H26ClN3O4S/c1-5-15(2)16-10-12-21-20(13-16)29-26(35-21)17-9-11-18(28)19(14-17)30-27(36)31-25(32)24-22(33-3)7-6-8-23(24)34-4/h6-15H,5H2,1-4H3,(H2,30,31,32,36). The molecule has 1 aromatic heterocycles. The lowest BCUT2D eigenvalue weighted by molar-refractivity contribution is 0.0971. The third kappa shape index (κ3) is 5.29. The Morgan fingerprint density at radius 2 is 1.83 bits per heavy atom. The van der Waals surface area contributed by atoms with Crippen LogP contribution in [0.25, 0.3) is 22.6 Å². The minimum Gasteiger partial charge on any atom is -0.496 e. The second kappa shape index (κ2) is 11.0. The van der Waals surface area contributed by atoms with E-state index in [9.17, 15) is 4.79 Å². The van der Waals surface area contributed by atoms with Gasteiger partial charge >= 0.3 is 0 Å². The number of fused-ring (bicyclic) bond motifs is 1. The summed E-state index contributed by atoms with van der Waals surface area (Å²) in [6.07, 6.45) is 1.04. The summed E-state index contributed by atoms with van der Waals surface area (Å²) in [5.74, 6) is 1.14. The lowest BCUT2D eigenvalue weighted by Crippen LogP contribution is -2.34. The van der Waals surface area contributed by atoms with Gasteiger partial charge in [-0.05, 0) is 72.6 Å². The summed E-state index contributed by atoms with van der Waals surface area (Å²) in [5.41, 5.74) is 4.15. The molecular weight excluding hydrogens is 498 g/mol. The SMILES string of the molecule is CCC(C)c1ccc2oc(-c3ccc(Cl)c(NC(=S)NC(=O)c4c(OC)cccc4OC)c3)nc2c1. The van der Waals surface area contributed by atoms with Crippen molar-refractivity contribution in [2.75, 3.05) is 19.5 Å². The Morgan fingerprint density at radius 1 is 1.11 bits per heavy atom. The predicted molar refractivity (Wildman–Crippen MR) is 146 cm³/mol. The van der Waals surface area contributed by atoms with Crippen LogP contribution in [0.4, 0.5) is 5.69 Å². The van der Waals surface area contributed by atoms with Gasteiger partial charge < -0.3 is 19.2 Å². The molecule has 0 saturated heterocycles. The number of aromatic nitrogens is 1. The van der Waals surface area contributed by atoms with Gasteiger partial charge in [-0.25, -0.2) is 4.98 Å². The smallest absolute Gasteiger partial charge is 0.264 e. The minimum atomic E-state index is -0.481. The molecule has 0 aliphatic rings. The molecule has 3 aromatic carbocycles. The van der Waals surface area contributed by atoms with Gasteiger partial charge in [0, 0.05) is 5.56 Å². The van der Waals surface area contributed by atoms with Crippen LogP contribution in [0.15, 0.2) is 59.0 Å². The Bertz CT molecular complexity index is 1410. The fourth-order valence-electron chi connectivity index (χ4n) is 3.76. The molecule has 186 valence electrons. The molecule has 36 heavy (non-hydrogen) atoms. The zero-order valence-electron chi connectivity index (χ0n) is 20.3. The summed E-state index contributed by atoms with van der Waals surface area (Å²) < 4.78 is 16.6. The molecule has 0 fully saturated rings. The van der Waals surface area contributed by atoms with Gasteiger partial charge in [0.05, 0.1) is 24.9 Å². The number of amides is 1. The fourth-order valence-corrected chi connectivity index (χ4v) is 4.13. The molecule has 0 bridgehead atoms. The van der Waals surface area contributed by atoms with Crippen molar-refractivity contribution in [3.63, 3.8) is 0 Å². The van der Waals surface area contributed by atoms with E-state index in [1.807, 2.05) is 12.1 Å². The van der Waals surface area contributed by atoms with E-state index >= 15 is 0 Å². The van der Waals surface area contributed by atoms with Gasteiger partial charge in [0.25, 0.3) is 5.91 Å². The number of hydrogen-bond acceptors (Lipinski definition) is 6. The topological polar surface area (TPSA) is 85.6 Å². The quantitative estimate of drug-likeness (QED) is 0.257. The third-order valence-corrected chi connectivity index (χ3v) is 6.47. The van der Waals surface area contributed by atoms with Crippen LogP contribution in [0.5, 0.6) is 11.5 Å². The Balaban J connectivity index is 1.55. The number of ether oxygens (including phenoxy) is 2. The second-order valence-electron chi connectivity index (χ2n) is 8.20. The van der Waals surface area contributed by atoms with Crippen LogP contribution < -0.4 is 20.1 Å². The first kappa shape index (κ1) is 25.5. The summed E-state index contributed by atoms with van der Waals surface area (Å²) >= 11 is 11.8. The molecule has 1 amide bonds. The number of carbonyl (C=O) groups is 1. The molecule has 1 atom stereocenters. The fraction of sp³-hybridized carbons (Fsp3) is 0.222. The molecule has 0 spiro atoms. The molecule has 9 heteroatoms. The number of anilines is 1. The first-order valence-corrected chi connectivity index (χ1v) is 12.2. The maximum absolute atomic E-state index is 12.9. The van der Waals surface area contributed by atoms with Crippen LogP contribution in [0.1, 0.15) is 42.1 Å². The van der Waals surface area contributed by atoms with Crippen LogP contribution >= 0.6 is 23.8 Å². The number of carbonyl (C=O) groups excluding carboxylic acids is 1. The van der Waals surface area contributed by atoms with Crippen molar-refractivity contribution >= 4 is 51.6 Å². The van der Waals surface area contributed by atoms with Crippen LogP contribution in [0, 0.1) is 0 Å². The van der Waals surface area contributed by atoms with Crippen molar-refractivity contribution < 1.29 is 18.7 Å². The van der Waals surface area contributed by atoms with Crippen molar-refractivity contribution in [3.05, 3.63) is 70.7 Å². The highest BCUT2D eigenvalue weighted by molar-refractivity contribution is 7.80. The first-order valence-electron chi connectivity index (χ1n) is 11.4. The maximum atomic E-state index is 12.9. The van der Waals surface area contributed by atoms with Gasteiger partial charge in [-0.2, -0.15) is 0 Å². The summed E-state index contributed by atoms with van der Waals surface area (Å²) in [5, 5.41) is 6.10. The zero-order chi connectivity index (χ0) is 25.8. The monoisotopic (exact) mass is 523 g/mol. The van der Waals surface area contributed by atoms with Crippen LogP contribution in [-0.2, 0) is 0 Å². The van der Waals surface area contributed by atoms with Gasteiger partial charge in [0.2, 0.25) is 5.89 Å². The third-order valence-electron chi connectivity index (χ3n) is 5.94. The van der Waals surface area contributed by atoms with Crippen molar-refractivity contribution in [2.24, 2.45) is 0 Å². The molecule has 0 aliphatic carbocycles. The molecule has 7 nitrogen and oxygen atoms in total. The average molecular weight is 524 g/mol. The van der Waals surface area contributed by atoms with Crippen LogP contribution in [0.2, 0.25) is 5.02 Å². The molecule has 2 N–H and O–H groups in total. The van der Waals surface area contributed by atoms with Crippen LogP contribution in [-0.4, -0.2) is 30.2 Å². The highest BCUT2D eigenvalue weighted by Crippen LogP contribution is 2.32. The Morgan fingerprint density at radius 3 is 2.50 bits per heavy atom. The van der Waals surface area contributed by atoms with E-state index in [-0.39, 0.29) is 10.7 Å². The molecule has 4 aromatic rings. The van der Waals surface area contributed by atoms with Crippen molar-refractivity contribution in [1.82, 2.24) is 10.3 Å². The number of rotatable bonds is 7. The summed E-state index contributed by atoms with van der Waals surface area (Å²) in [4.78, 5) is 17.6. The number of halogens is 1. The normalized spacial score (nSPS) is 11.7. The average Bonchev–Trinajstić information content (AvgIpc) is 3.32. The maximum Gasteiger partial charge on any atom is 0.264 e. The van der Waals surface area contributed by atoms with E-state index in [1.54, 1.807) is 30.3 Å². The van der Waals surface area contributed by atoms with Crippen molar-refractivity contribution in [3.8, 4) is 23.0 Å². The Kier molecular flexibility index (Phi) is 7.76. The molecule has 1 unspecified atom stereocenters. The van der Waals surface area contributed by atoms with Gasteiger partial charge in [-0.15, -0.1) is 0 Å². The second-order valence-corrected chi connectivity index (χ2v) is 9.01. The van der Waals surface area contributed by atoms with Crippen LogP contribution in [0.3, 0.4) is 0 Å². The molecule has 0 saturated carbocycles. The molecule has 0 aliphatic heterocycles. The predicted octanol–water partition coefficient (Wildman–Crippen LogP) is 6.81. The van der Waals surface area contributed by atoms with Gasteiger partial charge in [-0.3, -0.25) is 10.1 Å². The number of hydrogen-bond donors (Lipinski definition) is 2. The Hall–Kier alpha value is -3.62. The number of benzene rings is 3. The molecular formula is C27H26ClN3O4S. The summed E-state index contributed by atoms with van der Waals surface area (Å²) in [6.45, 7) is 4.34. The minimum absolute atomic E-state index is 0.0581. The molecule has 0 radical (unpaired) electrons. The number of nitrogens with one attached hydrogen (secondary N) is 2. The van der Waals surface area contributed by atoms with Gasteiger partial charge in [0.1, 0.15) is 22.6 Å². The number of methoxy groups -OCH3 is 2. The van der Waals surface area contributed by atoms with E-state index in [2.05, 4.69) is 41.6 Å². The van der Waals surface area contributed by atoms with Crippen molar-refractivity contribution in [2.45, 2.75) is 26.2 Å². The van der Waals surface area contributed by atoms with E-state index in [4.69, 9.17) is 37.7 Å². The van der Waals surface area contributed by atoms with E-state index < -0.39 is 5.91 Å². The highest BCUT2D eigenvalue weighted by Gasteiger charge is 2.20. The first-order chi connectivity index (χ1) is 17.3. The molecule has 1 heterocycles. The van der Waals surface area contributed by atoms with E-state index in [1.165, 1.54) is 19.8 Å². The Labute approximate surface area is 219 Å². The number of thiocarbonyl (C=S) groups is 1. The number of oxazole rings is 1. The summed E-state index contributed by atoms with van der Waals surface area (Å²) in [6, 6.07) is 16.4. The zero-order valence-corrected chi connectivity index (χ0v) is 21.9. The van der Waals surface area contributed by atoms with E-state index in [0.717, 1.165) is 11.9 Å². The van der Waals surface area contributed by atoms with Gasteiger partial charge in [0.15, 0.2) is 10.7 Å². The largest absolute Gasteiger partial charge is 0.496 e. The highest BCUT2D eigenvalue weighted by atomic mass is 35.5. The molecule has 4 rings (SSSR count). The van der Waals surface area contributed by atoms with Crippen molar-refractivity contribution in [1.29, 1.82) is 0 Å². The number of nitrogens with zero attached hydrogens (tertiary/aromatic N) is 1. The van der Waals surface area contributed by atoms with Gasteiger partial charge in [-0.1, -0.05) is 37.6 Å². The van der Waals surface area contributed by atoms with E-state index in [0.29, 0.717) is 45.2 Å². The lowest BCUT2D eigenvalue weighted by Gasteiger charge is -2.15. The summed E-state index contributed by atoms with van der Waals surface area (Å²) in [7, 11) is 2.95. The lowest BCUT2D eigenvalue weighted by atomic mass is 9.98.